The van der Waals surface area contributed by atoms with Gasteiger partial charge in [0.2, 0.25) is 21.9 Å². The van der Waals surface area contributed by atoms with Crippen LogP contribution in [0.25, 0.3) is 17.2 Å². The number of hydrogen-bond acceptors (Lipinski definition) is 10. The van der Waals surface area contributed by atoms with Crippen molar-refractivity contribution < 1.29 is 31.8 Å². The molecule has 236 valence electrons. The van der Waals surface area contributed by atoms with E-state index in [0.717, 1.165) is 6.20 Å². The minimum Gasteiger partial charge on any atom is -0.494 e. The highest BCUT2D eigenvalue weighted by molar-refractivity contribution is 7.92. The van der Waals surface area contributed by atoms with Crippen LogP contribution in [0.4, 0.5) is 10.3 Å². The lowest BCUT2D eigenvalue weighted by molar-refractivity contribution is 0.118. The Morgan fingerprint density at radius 1 is 0.932 bits per heavy atom. The van der Waals surface area contributed by atoms with Crippen LogP contribution in [0.15, 0.2) is 54.7 Å². The largest absolute Gasteiger partial charge is 0.494 e. The van der Waals surface area contributed by atoms with Gasteiger partial charge in [0.15, 0.2) is 5.82 Å². The van der Waals surface area contributed by atoms with Crippen molar-refractivity contribution in [3.8, 4) is 34.6 Å². The minimum absolute atomic E-state index is 0.00703. The molecule has 0 fully saturated rings. The molecule has 12 nitrogen and oxygen atoms in total. The van der Waals surface area contributed by atoms with Gasteiger partial charge in [-0.1, -0.05) is 31.8 Å². The van der Waals surface area contributed by atoms with Gasteiger partial charge in [-0.3, -0.25) is 9.55 Å². The van der Waals surface area contributed by atoms with Crippen LogP contribution in [-0.4, -0.2) is 82.0 Å². The Bertz CT molecular complexity index is 1660. The van der Waals surface area contributed by atoms with Crippen LogP contribution >= 0.6 is 0 Å². The van der Waals surface area contributed by atoms with E-state index < -0.39 is 35.8 Å². The second kappa shape index (κ2) is 13.7. The molecule has 44 heavy (non-hydrogen) atoms. The number of halogens is 1. The van der Waals surface area contributed by atoms with Gasteiger partial charge in [0.1, 0.15) is 40.6 Å². The third-order valence-electron chi connectivity index (χ3n) is 6.78. The van der Waals surface area contributed by atoms with E-state index in [1.807, 2.05) is 0 Å². The molecule has 0 aliphatic heterocycles. The number of para-hydroxylation sites is 1. The van der Waals surface area contributed by atoms with Gasteiger partial charge in [-0.05, 0) is 36.4 Å². The van der Waals surface area contributed by atoms with Gasteiger partial charge in [0.05, 0.1) is 33.2 Å². The molecule has 0 radical (unpaired) electrons. The molecule has 0 amide bonds. The van der Waals surface area contributed by atoms with Crippen molar-refractivity contribution in [3.05, 3.63) is 66.2 Å². The first kappa shape index (κ1) is 32.8. The summed E-state index contributed by atoms with van der Waals surface area (Å²) in [6.45, 7) is 6.57. The Kier molecular flexibility index (Phi) is 10.2. The summed E-state index contributed by atoms with van der Waals surface area (Å²) in [5.74, 6) is 0.330. The normalized spacial score (nSPS) is 12.5. The van der Waals surface area contributed by atoms with Gasteiger partial charge >= 0.3 is 0 Å². The number of aromatic nitrogens is 5. The molecule has 15 heteroatoms. The van der Waals surface area contributed by atoms with Crippen molar-refractivity contribution in [2.75, 3.05) is 45.0 Å². The number of anilines is 1. The Balaban J connectivity index is 1.97. The molecular formula is C29H37FN6O6SSi. The number of ether oxygens (including phenoxy) is 4. The van der Waals surface area contributed by atoms with E-state index in [-0.39, 0.29) is 24.0 Å². The topological polar surface area (TPSA) is 131 Å². The molecule has 3 heterocycles. The minimum atomic E-state index is -4.17. The Labute approximate surface area is 257 Å². The predicted octanol–water partition coefficient (Wildman–Crippen LogP) is 4.75. The summed E-state index contributed by atoms with van der Waals surface area (Å²) in [6.07, 6.45) is 0.0428. The van der Waals surface area contributed by atoms with Gasteiger partial charge in [0, 0.05) is 27.8 Å². The molecule has 4 rings (SSSR count). The van der Waals surface area contributed by atoms with E-state index in [1.54, 1.807) is 41.0 Å². The summed E-state index contributed by atoms with van der Waals surface area (Å²) in [5, 5.41) is 8.88. The molecule has 4 aromatic rings. The summed E-state index contributed by atoms with van der Waals surface area (Å²) in [7, 11) is -0.0626. The third-order valence-corrected chi connectivity index (χ3v) is 10.2. The number of pyridine rings is 2. The molecular weight excluding hydrogens is 608 g/mol. The van der Waals surface area contributed by atoms with E-state index in [2.05, 4.69) is 39.8 Å². The lowest BCUT2D eigenvalue weighted by Gasteiger charge is -2.28. The number of rotatable bonds is 14. The van der Waals surface area contributed by atoms with Gasteiger partial charge in [-0.2, -0.15) is 0 Å². The second-order valence-electron chi connectivity index (χ2n) is 11.0. The third kappa shape index (κ3) is 7.34. The number of hydrogen-bond donors (Lipinski definition) is 0. The van der Waals surface area contributed by atoms with Gasteiger partial charge < -0.3 is 18.9 Å². The molecule has 0 saturated carbocycles. The van der Waals surface area contributed by atoms with Gasteiger partial charge in [-0.25, -0.2) is 22.1 Å². The highest BCUT2D eigenvalue weighted by Gasteiger charge is 2.35. The van der Waals surface area contributed by atoms with Crippen LogP contribution in [0.5, 0.6) is 17.4 Å². The van der Waals surface area contributed by atoms with Crippen LogP contribution in [0.1, 0.15) is 11.8 Å². The fourth-order valence-electron chi connectivity index (χ4n) is 4.45. The first-order valence-corrected chi connectivity index (χ1v) is 19.1. The second-order valence-corrected chi connectivity index (χ2v) is 18.6. The Morgan fingerprint density at radius 3 is 2.18 bits per heavy atom. The van der Waals surface area contributed by atoms with E-state index in [1.165, 1.54) is 44.9 Å². The zero-order valence-electron chi connectivity index (χ0n) is 25.8. The SMILES string of the molecule is COc1cccc(-c2nnc(N(CC[Si](C)(C)C)S(=O)(=O)C[C@H](OC)c3ccc(F)cn3)n2-c2c(OC)cccc2OC)n1. The maximum Gasteiger partial charge on any atom is 0.246 e. The first-order valence-electron chi connectivity index (χ1n) is 13.7. The number of sulfonamides is 1. The molecule has 0 unspecified atom stereocenters. The van der Waals surface area contributed by atoms with Crippen LogP contribution in [-0.2, 0) is 14.8 Å². The fraction of sp³-hybridized carbons (Fsp3) is 0.379. The standard InChI is InChI=1S/C29H37FN6O6SSi/c1-39-23-11-9-12-24(40-2)27(23)36-28(22-10-8-13-26(32-22)42-4)33-34-29(36)35(16-17-44(5,6)7)43(37,38)19-25(41-3)21-15-14-20(30)18-31-21/h8-15,18,25H,16-17,19H2,1-7H3/t25-/m0/s1. The molecule has 0 spiro atoms. The predicted molar refractivity (Wildman–Crippen MR) is 167 cm³/mol. The Morgan fingerprint density at radius 2 is 1.61 bits per heavy atom. The first-order chi connectivity index (χ1) is 20.9. The monoisotopic (exact) mass is 644 g/mol. The van der Waals surface area contributed by atoms with Crippen LogP contribution in [0.2, 0.25) is 25.7 Å². The fourth-order valence-corrected chi connectivity index (χ4v) is 7.11. The van der Waals surface area contributed by atoms with E-state index in [9.17, 15) is 12.8 Å². The lowest BCUT2D eigenvalue weighted by Crippen LogP contribution is -2.40. The molecule has 0 aliphatic rings. The highest BCUT2D eigenvalue weighted by Crippen LogP contribution is 2.39. The lowest BCUT2D eigenvalue weighted by atomic mass is 10.2. The van der Waals surface area contributed by atoms with Crippen LogP contribution < -0.4 is 18.5 Å². The molecule has 3 aromatic heterocycles. The van der Waals surface area contributed by atoms with Crippen molar-refractivity contribution in [3.63, 3.8) is 0 Å². The summed E-state index contributed by atoms with van der Waals surface area (Å²) in [6, 6.07) is 13.6. The van der Waals surface area contributed by atoms with Gasteiger partial charge in [0.25, 0.3) is 0 Å². The number of benzene rings is 1. The maximum absolute atomic E-state index is 14.4. The van der Waals surface area contributed by atoms with E-state index in [4.69, 9.17) is 18.9 Å². The molecule has 0 aliphatic carbocycles. The van der Waals surface area contributed by atoms with Crippen LogP contribution in [0.3, 0.4) is 0 Å². The molecule has 0 bridgehead atoms. The summed E-state index contributed by atoms with van der Waals surface area (Å²) < 4.78 is 67.5. The summed E-state index contributed by atoms with van der Waals surface area (Å²) in [4.78, 5) is 8.60. The smallest absolute Gasteiger partial charge is 0.246 e. The average molecular weight is 645 g/mol. The molecule has 0 saturated heterocycles. The van der Waals surface area contributed by atoms with Crippen molar-refractivity contribution >= 4 is 24.0 Å². The zero-order chi connectivity index (χ0) is 32.1. The highest BCUT2D eigenvalue weighted by atomic mass is 32.2. The quantitative estimate of drug-likeness (QED) is 0.177. The summed E-state index contributed by atoms with van der Waals surface area (Å²) in [5.41, 5.74) is 1.04. The van der Waals surface area contributed by atoms with Gasteiger partial charge in [-0.15, -0.1) is 10.2 Å². The molecule has 1 atom stereocenters. The molecule has 1 aromatic carbocycles. The van der Waals surface area contributed by atoms with Crippen molar-refractivity contribution in [1.29, 1.82) is 0 Å². The molecule has 0 N–H and O–H groups in total. The van der Waals surface area contributed by atoms with Crippen molar-refractivity contribution in [1.82, 2.24) is 24.7 Å². The average Bonchev–Trinajstić information content (AvgIpc) is 3.43. The number of methoxy groups -OCH3 is 4. The van der Waals surface area contributed by atoms with E-state index >= 15 is 0 Å². The summed E-state index contributed by atoms with van der Waals surface area (Å²) >= 11 is 0. The van der Waals surface area contributed by atoms with Crippen molar-refractivity contribution in [2.24, 2.45) is 0 Å². The zero-order valence-corrected chi connectivity index (χ0v) is 27.6. The van der Waals surface area contributed by atoms with Crippen LogP contribution in [0, 0.1) is 5.82 Å². The number of nitrogens with zero attached hydrogens (tertiary/aromatic N) is 6. The van der Waals surface area contributed by atoms with Crippen molar-refractivity contribution in [2.45, 2.75) is 31.8 Å². The van der Waals surface area contributed by atoms with E-state index in [0.29, 0.717) is 34.8 Å². The Hall–Kier alpha value is -4.08. The maximum atomic E-state index is 14.4.